The van der Waals surface area contributed by atoms with Crippen LogP contribution in [0.5, 0.6) is 0 Å². The van der Waals surface area contributed by atoms with Crippen LogP contribution in [0.3, 0.4) is 0 Å². The highest BCUT2D eigenvalue weighted by molar-refractivity contribution is 6.03. The lowest BCUT2D eigenvalue weighted by molar-refractivity contribution is 0.0698. The maximum atomic E-state index is 11.3. The van der Waals surface area contributed by atoms with Crippen molar-refractivity contribution in [2.45, 2.75) is 33.6 Å². The smallest absolute Gasteiger partial charge is 0.338 e. The maximum Gasteiger partial charge on any atom is 0.338 e. The Morgan fingerprint density at radius 3 is 2.63 bits per heavy atom. The van der Waals surface area contributed by atoms with Crippen molar-refractivity contribution in [2.24, 2.45) is 13.0 Å². The Morgan fingerprint density at radius 2 is 2.11 bits per heavy atom. The van der Waals surface area contributed by atoms with Crippen molar-refractivity contribution in [2.75, 3.05) is 0 Å². The SMILES string of the molecule is CCc1nc(CC(C)C)nc2c1c(C(=O)O)cn2C. The summed E-state index contributed by atoms with van der Waals surface area (Å²) in [5.41, 5.74) is 1.81. The molecule has 2 aromatic heterocycles. The van der Waals surface area contributed by atoms with Crippen molar-refractivity contribution >= 4 is 17.0 Å². The van der Waals surface area contributed by atoms with Crippen molar-refractivity contribution in [3.05, 3.63) is 23.3 Å². The summed E-state index contributed by atoms with van der Waals surface area (Å²) in [6.45, 7) is 6.22. The average Bonchev–Trinajstić information content (AvgIpc) is 2.66. The van der Waals surface area contributed by atoms with Crippen LogP contribution in [-0.4, -0.2) is 25.6 Å². The molecule has 0 atom stereocenters. The van der Waals surface area contributed by atoms with Gasteiger partial charge in [0.05, 0.1) is 16.6 Å². The van der Waals surface area contributed by atoms with E-state index < -0.39 is 5.97 Å². The van der Waals surface area contributed by atoms with Crippen molar-refractivity contribution < 1.29 is 9.90 Å². The highest BCUT2D eigenvalue weighted by Gasteiger charge is 2.19. The Morgan fingerprint density at radius 1 is 1.42 bits per heavy atom. The first-order valence-corrected chi connectivity index (χ1v) is 6.52. The number of fused-ring (bicyclic) bond motifs is 1. The summed E-state index contributed by atoms with van der Waals surface area (Å²) >= 11 is 0. The van der Waals surface area contributed by atoms with Gasteiger partial charge in [0, 0.05) is 19.7 Å². The molecule has 0 saturated heterocycles. The van der Waals surface area contributed by atoms with Crippen LogP contribution in [0.1, 0.15) is 42.6 Å². The third-order valence-electron chi connectivity index (χ3n) is 3.09. The van der Waals surface area contributed by atoms with E-state index in [0.29, 0.717) is 23.4 Å². The predicted molar refractivity (Wildman–Crippen MR) is 73.4 cm³/mol. The molecule has 0 amide bonds. The third-order valence-corrected chi connectivity index (χ3v) is 3.09. The van der Waals surface area contributed by atoms with E-state index in [-0.39, 0.29) is 5.56 Å². The number of aromatic nitrogens is 3. The molecule has 0 fully saturated rings. The van der Waals surface area contributed by atoms with Crippen LogP contribution in [0, 0.1) is 5.92 Å². The van der Waals surface area contributed by atoms with Gasteiger partial charge in [-0.25, -0.2) is 14.8 Å². The minimum Gasteiger partial charge on any atom is -0.478 e. The fourth-order valence-corrected chi connectivity index (χ4v) is 2.27. The van der Waals surface area contributed by atoms with E-state index in [1.807, 2.05) is 14.0 Å². The minimum absolute atomic E-state index is 0.283. The first-order chi connectivity index (χ1) is 8.93. The van der Waals surface area contributed by atoms with Crippen LogP contribution in [0.15, 0.2) is 6.20 Å². The highest BCUT2D eigenvalue weighted by Crippen LogP contribution is 2.23. The fraction of sp³-hybridized carbons (Fsp3) is 0.500. The number of nitrogens with zero attached hydrogens (tertiary/aromatic N) is 3. The van der Waals surface area contributed by atoms with E-state index in [2.05, 4.69) is 23.8 Å². The van der Waals surface area contributed by atoms with Gasteiger partial charge in [0.25, 0.3) is 0 Å². The van der Waals surface area contributed by atoms with Gasteiger partial charge in [-0.3, -0.25) is 0 Å². The van der Waals surface area contributed by atoms with Gasteiger partial charge >= 0.3 is 5.97 Å². The number of aromatic carboxylic acids is 1. The van der Waals surface area contributed by atoms with Crippen LogP contribution in [0.2, 0.25) is 0 Å². The third kappa shape index (κ3) is 2.45. The van der Waals surface area contributed by atoms with Crippen molar-refractivity contribution in [3.63, 3.8) is 0 Å². The Hall–Kier alpha value is -1.91. The molecule has 5 nitrogen and oxygen atoms in total. The van der Waals surface area contributed by atoms with Gasteiger partial charge in [0.1, 0.15) is 11.5 Å². The lowest BCUT2D eigenvalue weighted by atomic mass is 10.1. The predicted octanol–water partition coefficient (Wildman–Crippen LogP) is 2.43. The van der Waals surface area contributed by atoms with Gasteiger partial charge in [-0.05, 0) is 12.3 Å². The Bertz CT molecular complexity index is 629. The summed E-state index contributed by atoms with van der Waals surface area (Å²) in [5, 5.41) is 9.93. The van der Waals surface area contributed by atoms with Crippen molar-refractivity contribution in [1.29, 1.82) is 0 Å². The second-order valence-electron chi connectivity index (χ2n) is 5.20. The molecule has 0 aliphatic rings. The first kappa shape index (κ1) is 13.5. The lowest BCUT2D eigenvalue weighted by Crippen LogP contribution is -2.06. The molecule has 19 heavy (non-hydrogen) atoms. The lowest BCUT2D eigenvalue weighted by Gasteiger charge is -2.08. The summed E-state index contributed by atoms with van der Waals surface area (Å²) in [6, 6.07) is 0. The second kappa shape index (κ2) is 4.99. The molecule has 0 spiro atoms. The molecule has 0 aliphatic heterocycles. The Kier molecular flexibility index (Phi) is 3.55. The van der Waals surface area contributed by atoms with E-state index >= 15 is 0 Å². The zero-order valence-electron chi connectivity index (χ0n) is 11.8. The molecule has 1 N–H and O–H groups in total. The molecule has 0 unspecified atom stereocenters. The molecule has 5 heteroatoms. The minimum atomic E-state index is -0.930. The van der Waals surface area contributed by atoms with Crippen LogP contribution in [0.25, 0.3) is 11.0 Å². The molecular weight excluding hydrogens is 242 g/mol. The molecular formula is C14H19N3O2. The number of rotatable bonds is 4. The van der Waals surface area contributed by atoms with Crippen molar-refractivity contribution in [1.82, 2.24) is 14.5 Å². The largest absolute Gasteiger partial charge is 0.478 e. The Balaban J connectivity index is 2.71. The molecule has 102 valence electrons. The van der Waals surface area contributed by atoms with Crippen LogP contribution in [0.4, 0.5) is 0 Å². The summed E-state index contributed by atoms with van der Waals surface area (Å²) < 4.78 is 1.77. The number of hydrogen-bond acceptors (Lipinski definition) is 3. The van der Waals surface area contributed by atoms with Crippen LogP contribution in [-0.2, 0) is 19.9 Å². The van der Waals surface area contributed by atoms with Crippen LogP contribution < -0.4 is 0 Å². The van der Waals surface area contributed by atoms with Gasteiger partial charge < -0.3 is 9.67 Å². The summed E-state index contributed by atoms with van der Waals surface area (Å²) in [7, 11) is 1.82. The summed E-state index contributed by atoms with van der Waals surface area (Å²) in [6.07, 6.45) is 3.12. The quantitative estimate of drug-likeness (QED) is 0.917. The van der Waals surface area contributed by atoms with E-state index in [4.69, 9.17) is 0 Å². The van der Waals surface area contributed by atoms with Crippen LogP contribution >= 0.6 is 0 Å². The zero-order chi connectivity index (χ0) is 14.2. The second-order valence-corrected chi connectivity index (χ2v) is 5.20. The van der Waals surface area contributed by atoms with E-state index in [1.54, 1.807) is 10.8 Å². The standard InChI is InChI=1S/C14H19N3O2/c1-5-10-12-9(14(18)19)7-17(4)13(12)16-11(15-10)6-8(2)3/h7-8H,5-6H2,1-4H3,(H,18,19). The van der Waals surface area contributed by atoms with E-state index in [1.165, 1.54) is 0 Å². The maximum absolute atomic E-state index is 11.3. The van der Waals surface area contributed by atoms with Crippen molar-refractivity contribution in [3.8, 4) is 0 Å². The monoisotopic (exact) mass is 261 g/mol. The number of carbonyl (C=O) groups is 1. The molecule has 2 aromatic rings. The van der Waals surface area contributed by atoms with Gasteiger partial charge in [0.15, 0.2) is 0 Å². The number of aryl methyl sites for hydroxylation is 2. The Labute approximate surface area is 112 Å². The molecule has 0 saturated carbocycles. The molecule has 0 aliphatic carbocycles. The summed E-state index contributed by atoms with van der Waals surface area (Å²) in [4.78, 5) is 20.3. The van der Waals surface area contributed by atoms with E-state index in [0.717, 1.165) is 17.9 Å². The molecule has 0 aromatic carbocycles. The van der Waals surface area contributed by atoms with Gasteiger partial charge in [-0.15, -0.1) is 0 Å². The number of hydrogen-bond donors (Lipinski definition) is 1. The average molecular weight is 261 g/mol. The molecule has 2 heterocycles. The van der Waals surface area contributed by atoms with E-state index in [9.17, 15) is 9.90 Å². The highest BCUT2D eigenvalue weighted by atomic mass is 16.4. The van der Waals surface area contributed by atoms with Gasteiger partial charge in [-0.1, -0.05) is 20.8 Å². The number of carboxylic acids is 1. The molecule has 2 rings (SSSR count). The number of carboxylic acid groups (broad SMARTS) is 1. The zero-order valence-corrected chi connectivity index (χ0v) is 11.8. The normalized spacial score (nSPS) is 11.4. The van der Waals surface area contributed by atoms with Gasteiger partial charge in [0.2, 0.25) is 0 Å². The molecule has 0 radical (unpaired) electrons. The topological polar surface area (TPSA) is 68.0 Å². The molecule has 0 bridgehead atoms. The fourth-order valence-electron chi connectivity index (χ4n) is 2.27. The van der Waals surface area contributed by atoms with Gasteiger partial charge in [-0.2, -0.15) is 0 Å². The summed E-state index contributed by atoms with van der Waals surface area (Å²) in [5.74, 6) is 0.333. The first-order valence-electron chi connectivity index (χ1n) is 6.52.